The van der Waals surface area contributed by atoms with Crippen molar-refractivity contribution in [3.8, 4) is 5.69 Å². The van der Waals surface area contributed by atoms with E-state index in [-0.39, 0.29) is 22.0 Å². The Morgan fingerprint density at radius 2 is 1.74 bits per heavy atom. The summed E-state index contributed by atoms with van der Waals surface area (Å²) in [7, 11) is 0. The zero-order valence-electron chi connectivity index (χ0n) is 17.1. The number of hydrogen-bond donors (Lipinski definition) is 1. The lowest BCUT2D eigenvalue weighted by molar-refractivity contribution is -0.113. The molecule has 0 fully saturated rings. The fraction of sp³-hybridized carbons (Fsp3) is 0.0435. The fourth-order valence-corrected chi connectivity index (χ4v) is 5.03. The average Bonchev–Trinajstić information content (AvgIpc) is 3.20. The zero-order valence-corrected chi connectivity index (χ0v) is 18.7. The normalized spacial score (nSPS) is 11.3. The maximum atomic E-state index is 14.6. The lowest BCUT2D eigenvalue weighted by atomic mass is 10.2. The predicted molar refractivity (Wildman–Crippen MR) is 126 cm³/mol. The molecule has 5 aromatic rings. The first kappa shape index (κ1) is 22.1. The number of hydrogen-bond acceptors (Lipinski definition) is 6. The summed E-state index contributed by atoms with van der Waals surface area (Å²) in [5, 5.41) is 3.25. The summed E-state index contributed by atoms with van der Waals surface area (Å²) in [5.74, 6) is -2.74. The molecule has 170 valence electrons. The third-order valence-corrected chi connectivity index (χ3v) is 6.70. The third kappa shape index (κ3) is 4.27. The van der Waals surface area contributed by atoms with Gasteiger partial charge in [-0.05, 0) is 42.5 Å². The topological polar surface area (TPSA) is 76.9 Å². The molecule has 6 nitrogen and oxygen atoms in total. The number of halogens is 3. The number of nitrogens with zero attached hydrogens (tertiary/aromatic N) is 3. The Morgan fingerprint density at radius 3 is 2.56 bits per heavy atom. The first-order valence-corrected chi connectivity index (χ1v) is 11.7. The Hall–Kier alpha value is -3.70. The van der Waals surface area contributed by atoms with Crippen molar-refractivity contribution in [2.75, 3.05) is 11.1 Å². The zero-order chi connectivity index (χ0) is 23.8. The van der Waals surface area contributed by atoms with Gasteiger partial charge in [-0.2, -0.15) is 0 Å². The van der Waals surface area contributed by atoms with E-state index in [1.807, 2.05) is 0 Å². The standard InChI is InChI=1S/C23H13F3N4O2S2/c24-12-6-8-18(15(26)9-12)30-21(32)14-3-1-2-4-16(14)28-23(30)33-11-20(31)29-22-27-17-7-5-13(25)10-19(17)34-22/h1-10H,11H2,(H,27,29,31). The highest BCUT2D eigenvalue weighted by atomic mass is 32.2. The minimum Gasteiger partial charge on any atom is -0.301 e. The molecule has 1 amide bonds. The van der Waals surface area contributed by atoms with E-state index >= 15 is 0 Å². The Balaban J connectivity index is 1.46. The molecule has 11 heteroatoms. The van der Waals surface area contributed by atoms with Crippen LogP contribution in [0.1, 0.15) is 0 Å². The number of fused-ring (bicyclic) bond motifs is 2. The van der Waals surface area contributed by atoms with Gasteiger partial charge in [0.1, 0.15) is 17.5 Å². The van der Waals surface area contributed by atoms with E-state index in [0.29, 0.717) is 26.9 Å². The number of benzene rings is 3. The van der Waals surface area contributed by atoms with Crippen molar-refractivity contribution in [3.05, 3.63) is 88.5 Å². The van der Waals surface area contributed by atoms with Crippen LogP contribution in [0.2, 0.25) is 0 Å². The molecule has 34 heavy (non-hydrogen) atoms. The Labute approximate surface area is 198 Å². The summed E-state index contributed by atoms with van der Waals surface area (Å²) in [6.45, 7) is 0. The monoisotopic (exact) mass is 498 g/mol. The van der Waals surface area contributed by atoms with Gasteiger partial charge in [-0.1, -0.05) is 35.2 Å². The smallest absolute Gasteiger partial charge is 0.266 e. The lowest BCUT2D eigenvalue weighted by Gasteiger charge is -2.13. The first-order chi connectivity index (χ1) is 16.4. The molecule has 2 aromatic heterocycles. The van der Waals surface area contributed by atoms with E-state index in [1.54, 1.807) is 24.3 Å². The number of thiazole rings is 1. The summed E-state index contributed by atoms with van der Waals surface area (Å²) >= 11 is 2.04. The first-order valence-electron chi connectivity index (χ1n) is 9.85. The summed E-state index contributed by atoms with van der Waals surface area (Å²) in [4.78, 5) is 34.4. The van der Waals surface area contributed by atoms with Crippen LogP contribution in [0.5, 0.6) is 0 Å². The van der Waals surface area contributed by atoms with Gasteiger partial charge < -0.3 is 5.32 Å². The summed E-state index contributed by atoms with van der Waals surface area (Å²) in [6.07, 6.45) is 0. The number of para-hydroxylation sites is 1. The van der Waals surface area contributed by atoms with E-state index in [0.717, 1.165) is 39.8 Å². The average molecular weight is 499 g/mol. The van der Waals surface area contributed by atoms with Gasteiger partial charge in [0.2, 0.25) is 5.91 Å². The van der Waals surface area contributed by atoms with Crippen molar-refractivity contribution in [1.29, 1.82) is 0 Å². The molecule has 5 rings (SSSR count). The summed E-state index contributed by atoms with van der Waals surface area (Å²) < 4.78 is 43.0. The molecule has 0 atom stereocenters. The highest BCUT2D eigenvalue weighted by molar-refractivity contribution is 7.99. The Kier molecular flexibility index (Phi) is 5.80. The molecule has 0 spiro atoms. The van der Waals surface area contributed by atoms with Gasteiger partial charge in [0.25, 0.3) is 5.56 Å². The summed E-state index contributed by atoms with van der Waals surface area (Å²) in [5.41, 5.74) is 0.196. The minimum atomic E-state index is -0.938. The second kappa shape index (κ2) is 8.92. The molecular formula is C23H13F3N4O2S2. The molecule has 0 unspecified atom stereocenters. The van der Waals surface area contributed by atoms with Crippen molar-refractivity contribution in [3.63, 3.8) is 0 Å². The molecule has 0 aliphatic carbocycles. The maximum absolute atomic E-state index is 14.6. The van der Waals surface area contributed by atoms with Gasteiger partial charge in [-0.15, -0.1) is 0 Å². The molecule has 1 N–H and O–H groups in total. The van der Waals surface area contributed by atoms with Crippen LogP contribution in [0.15, 0.2) is 70.6 Å². The van der Waals surface area contributed by atoms with Crippen LogP contribution in [0.3, 0.4) is 0 Å². The Morgan fingerprint density at radius 1 is 0.971 bits per heavy atom. The number of thioether (sulfide) groups is 1. The quantitative estimate of drug-likeness (QED) is 0.268. The number of nitrogens with one attached hydrogen (secondary N) is 1. The Bertz CT molecular complexity index is 1630. The van der Waals surface area contributed by atoms with Gasteiger partial charge in [-0.3, -0.25) is 14.2 Å². The number of aromatic nitrogens is 3. The molecule has 0 aliphatic rings. The molecule has 0 radical (unpaired) electrons. The largest absolute Gasteiger partial charge is 0.301 e. The molecular weight excluding hydrogens is 485 g/mol. The molecule has 0 bridgehead atoms. The van der Waals surface area contributed by atoms with Gasteiger partial charge in [0, 0.05) is 6.07 Å². The number of carbonyl (C=O) groups is 1. The van der Waals surface area contributed by atoms with E-state index in [2.05, 4.69) is 15.3 Å². The maximum Gasteiger partial charge on any atom is 0.266 e. The van der Waals surface area contributed by atoms with Crippen LogP contribution in [0.25, 0.3) is 26.8 Å². The van der Waals surface area contributed by atoms with Crippen LogP contribution in [0.4, 0.5) is 18.3 Å². The molecule has 0 aliphatic heterocycles. The van der Waals surface area contributed by atoms with E-state index in [9.17, 15) is 22.8 Å². The third-order valence-electron chi connectivity index (χ3n) is 4.82. The fourth-order valence-electron chi connectivity index (χ4n) is 3.32. The van der Waals surface area contributed by atoms with E-state index in [4.69, 9.17) is 0 Å². The van der Waals surface area contributed by atoms with Crippen LogP contribution in [-0.4, -0.2) is 26.2 Å². The van der Waals surface area contributed by atoms with Gasteiger partial charge in [-0.25, -0.2) is 23.1 Å². The molecule has 3 aromatic carbocycles. The van der Waals surface area contributed by atoms with Crippen molar-refractivity contribution in [2.45, 2.75) is 5.16 Å². The van der Waals surface area contributed by atoms with Gasteiger partial charge in [0.05, 0.1) is 32.6 Å². The van der Waals surface area contributed by atoms with Crippen LogP contribution < -0.4 is 10.9 Å². The van der Waals surface area contributed by atoms with Gasteiger partial charge >= 0.3 is 0 Å². The second-order valence-corrected chi connectivity index (χ2v) is 9.09. The highest BCUT2D eigenvalue weighted by Gasteiger charge is 2.18. The van der Waals surface area contributed by atoms with Crippen molar-refractivity contribution >= 4 is 55.3 Å². The number of carbonyl (C=O) groups excluding carboxylic acids is 1. The molecule has 2 heterocycles. The lowest BCUT2D eigenvalue weighted by Crippen LogP contribution is -2.23. The van der Waals surface area contributed by atoms with Crippen LogP contribution in [0, 0.1) is 17.5 Å². The van der Waals surface area contributed by atoms with Crippen molar-refractivity contribution in [2.24, 2.45) is 0 Å². The van der Waals surface area contributed by atoms with Gasteiger partial charge in [0.15, 0.2) is 10.3 Å². The number of amides is 1. The van der Waals surface area contributed by atoms with Crippen molar-refractivity contribution < 1.29 is 18.0 Å². The van der Waals surface area contributed by atoms with Crippen molar-refractivity contribution in [1.82, 2.24) is 14.5 Å². The summed E-state index contributed by atoms with van der Waals surface area (Å²) in [6, 6.07) is 13.5. The van der Waals surface area contributed by atoms with Crippen LogP contribution >= 0.6 is 23.1 Å². The number of rotatable bonds is 5. The molecule has 0 saturated carbocycles. The second-order valence-electron chi connectivity index (χ2n) is 7.12. The van der Waals surface area contributed by atoms with E-state index in [1.165, 1.54) is 18.2 Å². The van der Waals surface area contributed by atoms with E-state index < -0.39 is 28.9 Å². The number of anilines is 1. The minimum absolute atomic E-state index is 0.0655. The molecule has 0 saturated heterocycles. The van der Waals surface area contributed by atoms with Crippen LogP contribution in [-0.2, 0) is 4.79 Å². The highest BCUT2D eigenvalue weighted by Crippen LogP contribution is 2.27. The SMILES string of the molecule is O=C(CSc1nc2ccccc2c(=O)n1-c1ccc(F)cc1F)Nc1nc2ccc(F)cc2s1. The predicted octanol–water partition coefficient (Wildman–Crippen LogP) is 5.14.